The van der Waals surface area contributed by atoms with Gasteiger partial charge in [-0.05, 0) is 49.7 Å². The van der Waals surface area contributed by atoms with Gasteiger partial charge in [-0.2, -0.15) is 0 Å². The molecule has 3 aliphatic carbocycles. The molecule has 0 bridgehead atoms. The van der Waals surface area contributed by atoms with Gasteiger partial charge < -0.3 is 21.1 Å². The molecule has 12 heteroatoms. The summed E-state index contributed by atoms with van der Waals surface area (Å²) in [6.07, 6.45) is -2.15. The third kappa shape index (κ3) is 3.66. The summed E-state index contributed by atoms with van der Waals surface area (Å²) in [6, 6.07) is 5.34. The van der Waals surface area contributed by atoms with E-state index < -0.39 is 93.8 Å². The highest BCUT2D eigenvalue weighted by Crippen LogP contribution is 2.55. The van der Waals surface area contributed by atoms with Gasteiger partial charge in [-0.3, -0.25) is 28.9 Å². The molecule has 2 saturated carbocycles. The monoisotopic (exact) mass is 556 g/mol. The third-order valence-corrected chi connectivity index (χ3v) is 8.61. The Morgan fingerprint density at radius 3 is 2.35 bits per heavy atom. The van der Waals surface area contributed by atoms with Gasteiger partial charge in [0.2, 0.25) is 5.91 Å². The Kier molecular flexibility index (Phi) is 6.48. The predicted octanol–water partition coefficient (Wildman–Crippen LogP) is -0.100. The van der Waals surface area contributed by atoms with Crippen molar-refractivity contribution < 1.29 is 48.1 Å². The van der Waals surface area contributed by atoms with E-state index in [4.69, 9.17) is 5.73 Å². The number of nitrogens with zero attached hydrogens (tertiary/aromatic N) is 1. The average molecular weight is 557 g/mol. The summed E-state index contributed by atoms with van der Waals surface area (Å²) in [5, 5.41) is 34.1. The van der Waals surface area contributed by atoms with Crippen LogP contribution in [0.5, 0.6) is 5.75 Å². The number of hydrogen-bond donors (Lipinski definition) is 4. The minimum Gasteiger partial charge on any atom is -0.507 e. The number of fused-ring (bicyclic) bond motifs is 3. The van der Waals surface area contributed by atoms with Gasteiger partial charge in [0, 0.05) is 12.0 Å². The van der Waals surface area contributed by atoms with Crippen LogP contribution in [0.1, 0.15) is 27.4 Å². The van der Waals surface area contributed by atoms with Crippen LogP contribution in [0.4, 0.5) is 8.78 Å². The number of amides is 1. The van der Waals surface area contributed by atoms with Crippen LogP contribution in [0.2, 0.25) is 0 Å². The molecule has 8 atom stereocenters. The number of halogens is 2. The summed E-state index contributed by atoms with van der Waals surface area (Å²) in [7, 11) is 2.76. The summed E-state index contributed by atoms with van der Waals surface area (Å²) in [5.41, 5.74) is 1.98. The number of phenols is 1. The van der Waals surface area contributed by atoms with Crippen LogP contribution >= 0.6 is 0 Å². The Morgan fingerprint density at radius 1 is 1.07 bits per heavy atom. The van der Waals surface area contributed by atoms with E-state index in [1.807, 2.05) is 0 Å². The number of aromatic hydroxyl groups is 1. The maximum absolute atomic E-state index is 14.8. The minimum absolute atomic E-state index is 0.0250. The number of rotatable bonds is 4. The first-order valence-corrected chi connectivity index (χ1v) is 12.5. The van der Waals surface area contributed by atoms with Gasteiger partial charge in [0.1, 0.15) is 17.4 Å². The Balaban J connectivity index is 1.75. The third-order valence-electron chi connectivity index (χ3n) is 8.61. The molecular weight excluding hydrogens is 530 g/mol. The van der Waals surface area contributed by atoms with E-state index in [9.17, 15) is 48.1 Å². The van der Waals surface area contributed by atoms with Crippen molar-refractivity contribution in [2.24, 2.45) is 29.4 Å². The van der Waals surface area contributed by atoms with Gasteiger partial charge in [-0.15, -0.1) is 0 Å². The fourth-order valence-corrected chi connectivity index (χ4v) is 6.94. The molecule has 5 rings (SSSR count). The first-order valence-electron chi connectivity index (χ1n) is 12.5. The standard InChI is InChI=1S/C28H26F2N2O8/c1-32(2)21-20-23(35)17-13(8-10-6-7-11(29)9-14(10)30)12-4-3-5-15(33)16(12)22(34)18(17)25(37)28(20,40)26(38)19(24(21)36)27(31)39/h3-7,9,13,17-21,23,33,35,40H,8H2,1-2H3,(H2,31,39). The van der Waals surface area contributed by atoms with E-state index >= 15 is 0 Å². The number of ketones is 4. The van der Waals surface area contributed by atoms with E-state index in [0.717, 1.165) is 6.07 Å². The molecule has 0 saturated heterocycles. The molecule has 2 aromatic carbocycles. The van der Waals surface area contributed by atoms with Gasteiger partial charge in [0.05, 0.1) is 29.5 Å². The zero-order valence-corrected chi connectivity index (χ0v) is 21.4. The number of carbonyl (C=O) groups is 5. The summed E-state index contributed by atoms with van der Waals surface area (Å²) < 4.78 is 28.4. The van der Waals surface area contributed by atoms with E-state index in [1.165, 1.54) is 43.3 Å². The molecule has 210 valence electrons. The summed E-state index contributed by atoms with van der Waals surface area (Å²) in [6.45, 7) is 0. The Labute approximate surface area is 226 Å². The Morgan fingerprint density at radius 2 is 1.75 bits per heavy atom. The molecule has 0 aliphatic heterocycles. The largest absolute Gasteiger partial charge is 0.507 e. The molecule has 40 heavy (non-hydrogen) atoms. The number of aliphatic hydroxyl groups is 2. The molecule has 0 spiro atoms. The molecule has 3 aliphatic rings. The highest BCUT2D eigenvalue weighted by atomic mass is 19.1. The summed E-state index contributed by atoms with van der Waals surface area (Å²) >= 11 is 0. The van der Waals surface area contributed by atoms with E-state index in [0.29, 0.717) is 6.07 Å². The van der Waals surface area contributed by atoms with E-state index in [2.05, 4.69) is 0 Å². The molecular formula is C28H26F2N2O8. The number of benzene rings is 2. The van der Waals surface area contributed by atoms with E-state index in [-0.39, 0.29) is 23.1 Å². The molecule has 0 aromatic heterocycles. The highest BCUT2D eigenvalue weighted by molar-refractivity contribution is 6.32. The van der Waals surface area contributed by atoms with Crippen LogP contribution in [-0.2, 0) is 25.6 Å². The van der Waals surface area contributed by atoms with Crippen molar-refractivity contribution in [2.75, 3.05) is 14.1 Å². The number of aliphatic hydroxyl groups excluding tert-OH is 1. The average Bonchev–Trinajstić information content (AvgIpc) is 2.86. The Hall–Kier alpha value is -3.87. The number of primary amides is 1. The van der Waals surface area contributed by atoms with Crippen molar-refractivity contribution >= 4 is 29.0 Å². The normalized spacial score (nSPS) is 33.4. The number of hydrogen-bond acceptors (Lipinski definition) is 9. The number of Topliss-reactive ketones (excluding diaryl/α,β-unsaturated/α-hetero) is 4. The lowest BCUT2D eigenvalue weighted by molar-refractivity contribution is -0.197. The van der Waals surface area contributed by atoms with Crippen LogP contribution in [0.3, 0.4) is 0 Å². The van der Waals surface area contributed by atoms with Crippen molar-refractivity contribution in [3.05, 3.63) is 64.7 Å². The van der Waals surface area contributed by atoms with Gasteiger partial charge in [0.25, 0.3) is 0 Å². The van der Waals surface area contributed by atoms with Crippen LogP contribution in [0, 0.1) is 35.3 Å². The SMILES string of the molecule is CN(C)C1C(=O)C(C(N)=O)C(=O)C2(O)C(=O)C3C(=O)c4c(O)cccc4C(Cc4ccc(F)cc4F)C3C(O)C12. The maximum atomic E-state index is 14.8. The molecule has 2 fully saturated rings. The first kappa shape index (κ1) is 27.7. The van der Waals surface area contributed by atoms with Gasteiger partial charge >= 0.3 is 0 Å². The quantitative estimate of drug-likeness (QED) is 0.375. The second-order valence-electron chi connectivity index (χ2n) is 10.9. The molecule has 0 heterocycles. The molecule has 2 aromatic rings. The van der Waals surface area contributed by atoms with Gasteiger partial charge in [0.15, 0.2) is 34.7 Å². The maximum Gasteiger partial charge on any atom is 0.235 e. The van der Waals surface area contributed by atoms with Gasteiger partial charge in [-0.1, -0.05) is 18.2 Å². The smallest absolute Gasteiger partial charge is 0.235 e. The predicted molar refractivity (Wildman–Crippen MR) is 132 cm³/mol. The van der Waals surface area contributed by atoms with Crippen molar-refractivity contribution in [1.29, 1.82) is 0 Å². The van der Waals surface area contributed by atoms with Crippen LogP contribution in [0.25, 0.3) is 0 Å². The molecule has 5 N–H and O–H groups in total. The van der Waals surface area contributed by atoms with Gasteiger partial charge in [-0.25, -0.2) is 8.78 Å². The summed E-state index contributed by atoms with van der Waals surface area (Å²) in [5.74, 6) is -17.0. The molecule has 8 unspecified atom stereocenters. The van der Waals surface area contributed by atoms with Crippen LogP contribution < -0.4 is 5.73 Å². The zero-order valence-electron chi connectivity index (χ0n) is 21.4. The highest BCUT2D eigenvalue weighted by Gasteiger charge is 2.73. The van der Waals surface area contributed by atoms with Crippen molar-refractivity contribution in [3.8, 4) is 5.75 Å². The number of likely N-dealkylation sites (N-methyl/N-ethyl adjacent to an activating group) is 1. The second kappa shape index (κ2) is 9.36. The fraction of sp³-hybridized carbons (Fsp3) is 0.393. The summed E-state index contributed by atoms with van der Waals surface area (Å²) in [4.78, 5) is 67.9. The number of carbonyl (C=O) groups excluding carboxylic acids is 5. The van der Waals surface area contributed by atoms with Crippen molar-refractivity contribution in [1.82, 2.24) is 4.90 Å². The Bertz CT molecular complexity index is 1490. The molecule has 10 nitrogen and oxygen atoms in total. The minimum atomic E-state index is -3.15. The lowest BCUT2D eigenvalue weighted by Gasteiger charge is -2.56. The number of phenolic OH excluding ortho intramolecular Hbond substituents is 1. The van der Waals surface area contributed by atoms with Crippen LogP contribution in [0.15, 0.2) is 36.4 Å². The lowest BCUT2D eigenvalue weighted by atomic mass is 9.49. The topological polar surface area (TPSA) is 175 Å². The zero-order chi connectivity index (χ0) is 29.4. The second-order valence-corrected chi connectivity index (χ2v) is 10.9. The number of nitrogens with two attached hydrogens (primary N) is 1. The van der Waals surface area contributed by atoms with Crippen molar-refractivity contribution in [3.63, 3.8) is 0 Å². The van der Waals surface area contributed by atoms with Crippen molar-refractivity contribution in [2.45, 2.75) is 30.1 Å². The fourth-order valence-electron chi connectivity index (χ4n) is 6.94. The van der Waals surface area contributed by atoms with E-state index in [1.54, 1.807) is 0 Å². The molecule has 0 radical (unpaired) electrons. The van der Waals surface area contributed by atoms with Crippen LogP contribution in [-0.4, -0.2) is 81.1 Å². The lowest BCUT2D eigenvalue weighted by Crippen LogP contribution is -2.77. The molecule has 1 amide bonds. The first-order chi connectivity index (χ1) is 18.7.